The van der Waals surface area contributed by atoms with Crippen LogP contribution in [0.25, 0.3) is 11.0 Å². The zero-order chi connectivity index (χ0) is 15.6. The molecule has 2 N–H and O–H groups in total. The summed E-state index contributed by atoms with van der Waals surface area (Å²) in [5, 5.41) is 2.93. The van der Waals surface area contributed by atoms with Crippen molar-refractivity contribution in [3.63, 3.8) is 0 Å². The number of nitrogens with zero attached hydrogens (tertiary/aromatic N) is 2. The summed E-state index contributed by atoms with van der Waals surface area (Å²) in [6.07, 6.45) is 0. The number of H-pyrrole nitrogens is 1. The number of carbonyl (C=O) groups is 1. The number of hydrogen-bond donors (Lipinski definition) is 2. The van der Waals surface area contributed by atoms with E-state index in [4.69, 9.17) is 0 Å². The molecule has 0 saturated carbocycles. The maximum Gasteiger partial charge on any atom is 0.317 e. The predicted octanol–water partition coefficient (Wildman–Crippen LogP) is 2.89. The smallest absolute Gasteiger partial charge is 0.317 e. The van der Waals surface area contributed by atoms with Crippen LogP contribution in [0.5, 0.6) is 0 Å². The summed E-state index contributed by atoms with van der Waals surface area (Å²) in [5.74, 6) is 0.691. The Hall–Kier alpha value is -2.11. The minimum atomic E-state index is -0.311. The molecule has 5 nitrogen and oxygen atoms in total. The van der Waals surface area contributed by atoms with E-state index in [1.807, 2.05) is 6.92 Å². The molecule has 0 aliphatic rings. The van der Waals surface area contributed by atoms with Crippen LogP contribution in [-0.2, 0) is 6.54 Å². The molecule has 1 heterocycles. The molecule has 114 valence electrons. The van der Waals surface area contributed by atoms with E-state index in [0.717, 1.165) is 0 Å². The molecule has 0 unspecified atom stereocenters. The first-order valence-corrected chi connectivity index (χ1v) is 7.02. The molecule has 2 aromatic rings. The van der Waals surface area contributed by atoms with Crippen LogP contribution in [-0.4, -0.2) is 34.0 Å². The maximum atomic E-state index is 13.1. The zero-order valence-electron chi connectivity index (χ0n) is 12.8. The standard InChI is InChI=1S/C15H21FN4O/c1-9(2)10(3)17-15(21)20(4)8-14-18-12-6-5-11(16)7-13(12)19-14/h5-7,9-10H,8H2,1-4H3,(H,17,21)(H,18,19)/t10-/m0/s1. The summed E-state index contributed by atoms with van der Waals surface area (Å²) < 4.78 is 13.1. The van der Waals surface area contributed by atoms with Gasteiger partial charge < -0.3 is 15.2 Å². The number of amides is 2. The minimum absolute atomic E-state index is 0.102. The van der Waals surface area contributed by atoms with Crippen LogP contribution in [0.4, 0.5) is 9.18 Å². The molecule has 0 bridgehead atoms. The van der Waals surface area contributed by atoms with E-state index in [1.54, 1.807) is 18.0 Å². The van der Waals surface area contributed by atoms with Gasteiger partial charge in [0.05, 0.1) is 17.6 Å². The number of urea groups is 1. The van der Waals surface area contributed by atoms with Gasteiger partial charge in [0.1, 0.15) is 11.6 Å². The van der Waals surface area contributed by atoms with E-state index in [9.17, 15) is 9.18 Å². The first-order chi connectivity index (χ1) is 9.86. The topological polar surface area (TPSA) is 61.0 Å². The lowest BCUT2D eigenvalue weighted by Crippen LogP contribution is -2.43. The van der Waals surface area contributed by atoms with Crippen molar-refractivity contribution in [3.05, 3.63) is 29.8 Å². The van der Waals surface area contributed by atoms with Crippen LogP contribution in [0.2, 0.25) is 0 Å². The molecule has 0 fully saturated rings. The van der Waals surface area contributed by atoms with Gasteiger partial charge in [-0.1, -0.05) is 13.8 Å². The van der Waals surface area contributed by atoms with Crippen LogP contribution >= 0.6 is 0 Å². The van der Waals surface area contributed by atoms with E-state index >= 15 is 0 Å². The van der Waals surface area contributed by atoms with E-state index < -0.39 is 0 Å². The van der Waals surface area contributed by atoms with Gasteiger partial charge in [-0.05, 0) is 31.0 Å². The highest BCUT2D eigenvalue weighted by molar-refractivity contribution is 5.76. The third kappa shape index (κ3) is 3.71. The van der Waals surface area contributed by atoms with Crippen LogP contribution < -0.4 is 5.32 Å². The molecule has 1 aromatic heterocycles. The first-order valence-electron chi connectivity index (χ1n) is 7.02. The first kappa shape index (κ1) is 15.3. The van der Waals surface area contributed by atoms with Gasteiger partial charge in [0.2, 0.25) is 0 Å². The molecular weight excluding hydrogens is 271 g/mol. The number of aromatic amines is 1. The minimum Gasteiger partial charge on any atom is -0.340 e. The van der Waals surface area contributed by atoms with Crippen LogP contribution in [0.3, 0.4) is 0 Å². The molecule has 2 rings (SSSR count). The number of carbonyl (C=O) groups excluding carboxylic acids is 1. The largest absolute Gasteiger partial charge is 0.340 e. The Morgan fingerprint density at radius 2 is 2.14 bits per heavy atom. The molecule has 1 atom stereocenters. The molecule has 0 aliphatic carbocycles. The molecule has 0 radical (unpaired) electrons. The van der Waals surface area contributed by atoms with Crippen LogP contribution in [0.1, 0.15) is 26.6 Å². The van der Waals surface area contributed by atoms with Gasteiger partial charge in [-0.25, -0.2) is 14.2 Å². The molecule has 1 aromatic carbocycles. The Bertz CT molecular complexity index is 638. The number of aromatic nitrogens is 2. The summed E-state index contributed by atoms with van der Waals surface area (Å²) in [7, 11) is 1.70. The van der Waals surface area contributed by atoms with Gasteiger partial charge in [0.15, 0.2) is 0 Å². The third-order valence-electron chi connectivity index (χ3n) is 3.58. The number of nitrogens with one attached hydrogen (secondary N) is 2. The fourth-order valence-corrected chi connectivity index (χ4v) is 1.88. The second-order valence-electron chi connectivity index (χ2n) is 5.68. The summed E-state index contributed by atoms with van der Waals surface area (Å²) in [5.41, 5.74) is 1.32. The van der Waals surface area contributed by atoms with Gasteiger partial charge >= 0.3 is 6.03 Å². The lowest BCUT2D eigenvalue weighted by molar-refractivity contribution is 0.199. The highest BCUT2D eigenvalue weighted by Crippen LogP contribution is 2.13. The SMILES string of the molecule is CC(C)[C@H](C)NC(=O)N(C)Cc1nc2ccc(F)cc2[nH]1. The van der Waals surface area contributed by atoms with Crippen molar-refractivity contribution in [1.29, 1.82) is 0 Å². The second kappa shape index (κ2) is 6.11. The van der Waals surface area contributed by atoms with Crippen molar-refractivity contribution < 1.29 is 9.18 Å². The Kier molecular flexibility index (Phi) is 4.45. The van der Waals surface area contributed by atoms with Gasteiger partial charge in [-0.2, -0.15) is 0 Å². The Balaban J connectivity index is 2.03. The summed E-state index contributed by atoms with van der Waals surface area (Å²) in [6.45, 7) is 6.42. The average Bonchev–Trinajstić information content (AvgIpc) is 2.79. The lowest BCUT2D eigenvalue weighted by Gasteiger charge is -2.22. The molecular formula is C15H21FN4O. The highest BCUT2D eigenvalue weighted by Gasteiger charge is 2.15. The van der Waals surface area contributed by atoms with Crippen molar-refractivity contribution >= 4 is 17.1 Å². The van der Waals surface area contributed by atoms with Crippen LogP contribution in [0, 0.1) is 11.7 Å². The van der Waals surface area contributed by atoms with Gasteiger partial charge in [-0.3, -0.25) is 0 Å². The molecule has 6 heteroatoms. The number of benzene rings is 1. The van der Waals surface area contributed by atoms with E-state index in [0.29, 0.717) is 29.3 Å². The summed E-state index contributed by atoms with van der Waals surface area (Å²) >= 11 is 0. The van der Waals surface area contributed by atoms with Crippen molar-refractivity contribution in [2.45, 2.75) is 33.4 Å². The van der Waals surface area contributed by atoms with Gasteiger partial charge in [0.25, 0.3) is 0 Å². The van der Waals surface area contributed by atoms with Crippen LogP contribution in [0.15, 0.2) is 18.2 Å². The molecule has 0 spiro atoms. The van der Waals surface area contributed by atoms with Crippen molar-refractivity contribution in [1.82, 2.24) is 20.2 Å². The fourth-order valence-electron chi connectivity index (χ4n) is 1.88. The Morgan fingerprint density at radius 1 is 1.43 bits per heavy atom. The number of rotatable bonds is 4. The second-order valence-corrected chi connectivity index (χ2v) is 5.68. The number of halogens is 1. The predicted molar refractivity (Wildman–Crippen MR) is 80.4 cm³/mol. The number of fused-ring (bicyclic) bond motifs is 1. The van der Waals surface area contributed by atoms with E-state index in [2.05, 4.69) is 29.1 Å². The third-order valence-corrected chi connectivity index (χ3v) is 3.58. The van der Waals surface area contributed by atoms with E-state index in [1.165, 1.54) is 12.1 Å². The molecule has 0 saturated heterocycles. The summed E-state index contributed by atoms with van der Waals surface area (Å²) in [4.78, 5) is 21.0. The zero-order valence-corrected chi connectivity index (χ0v) is 12.8. The quantitative estimate of drug-likeness (QED) is 0.910. The number of hydrogen-bond acceptors (Lipinski definition) is 2. The summed E-state index contributed by atoms with van der Waals surface area (Å²) in [6, 6.07) is 4.33. The van der Waals surface area contributed by atoms with Crippen molar-refractivity contribution in [2.75, 3.05) is 7.05 Å². The monoisotopic (exact) mass is 292 g/mol. The normalized spacial score (nSPS) is 12.7. The Labute approximate surface area is 123 Å². The highest BCUT2D eigenvalue weighted by atomic mass is 19.1. The van der Waals surface area contributed by atoms with Gasteiger partial charge in [0, 0.05) is 13.1 Å². The maximum absolute atomic E-state index is 13.1. The average molecular weight is 292 g/mol. The molecule has 0 aliphatic heterocycles. The number of imidazole rings is 1. The Morgan fingerprint density at radius 3 is 2.81 bits per heavy atom. The molecule has 21 heavy (non-hydrogen) atoms. The van der Waals surface area contributed by atoms with E-state index in [-0.39, 0.29) is 17.9 Å². The lowest BCUT2D eigenvalue weighted by atomic mass is 10.1. The van der Waals surface area contributed by atoms with Gasteiger partial charge in [-0.15, -0.1) is 0 Å². The molecule has 2 amide bonds. The fraction of sp³-hybridized carbons (Fsp3) is 0.467. The van der Waals surface area contributed by atoms with Crippen molar-refractivity contribution in [2.24, 2.45) is 5.92 Å². The van der Waals surface area contributed by atoms with Crippen molar-refractivity contribution in [3.8, 4) is 0 Å².